The summed E-state index contributed by atoms with van der Waals surface area (Å²) in [5.74, 6) is 0. The van der Waals surface area contributed by atoms with Crippen molar-refractivity contribution in [3.05, 3.63) is 35.9 Å². The van der Waals surface area contributed by atoms with Gasteiger partial charge in [0.1, 0.15) is 6.29 Å². The van der Waals surface area contributed by atoms with Crippen LogP contribution in [0.1, 0.15) is 18.3 Å². The Labute approximate surface area is 82.6 Å². The van der Waals surface area contributed by atoms with Gasteiger partial charge in [-0.25, -0.2) is 0 Å². The average molecular weight is 192 g/mol. The third-order valence-electron chi connectivity index (χ3n) is 2.18. The van der Waals surface area contributed by atoms with Gasteiger partial charge in [-0.1, -0.05) is 30.3 Å². The van der Waals surface area contributed by atoms with Crippen molar-refractivity contribution in [2.24, 2.45) is 0 Å². The lowest BCUT2D eigenvalue weighted by Crippen LogP contribution is -2.09. The molecule has 1 unspecified atom stereocenters. The van der Waals surface area contributed by atoms with E-state index in [4.69, 9.17) is 9.47 Å². The minimum absolute atomic E-state index is 0.0855. The molecule has 14 heavy (non-hydrogen) atoms. The average Bonchev–Trinajstić information content (AvgIpc) is 2.68. The Morgan fingerprint density at radius 3 is 2.86 bits per heavy atom. The van der Waals surface area contributed by atoms with Crippen LogP contribution in [0, 0.1) is 0 Å². The highest BCUT2D eigenvalue weighted by atomic mass is 16.7. The first kappa shape index (κ1) is 9.37. The molecule has 74 valence electrons. The van der Waals surface area contributed by atoms with Gasteiger partial charge in [-0.3, -0.25) is 0 Å². The maximum Gasteiger partial charge on any atom is 0.184 e. The smallest absolute Gasteiger partial charge is 0.184 e. The summed E-state index contributed by atoms with van der Waals surface area (Å²) in [5, 5.41) is 0. The maximum atomic E-state index is 10.3. The van der Waals surface area contributed by atoms with Crippen LogP contribution in [-0.2, 0) is 14.3 Å². The number of carbonyl (C=O) groups is 1. The lowest BCUT2D eigenvalue weighted by Gasteiger charge is -2.09. The number of hydrogen-bond donors (Lipinski definition) is 0. The first-order valence-electron chi connectivity index (χ1n) is 4.66. The van der Waals surface area contributed by atoms with Crippen LogP contribution in [0.3, 0.4) is 0 Å². The van der Waals surface area contributed by atoms with Crippen molar-refractivity contribution in [3.63, 3.8) is 0 Å². The Morgan fingerprint density at radius 1 is 1.36 bits per heavy atom. The Kier molecular flexibility index (Phi) is 2.91. The van der Waals surface area contributed by atoms with Crippen LogP contribution in [0.15, 0.2) is 30.3 Å². The van der Waals surface area contributed by atoms with Gasteiger partial charge >= 0.3 is 0 Å². The summed E-state index contributed by atoms with van der Waals surface area (Å²) < 4.78 is 11.0. The highest BCUT2D eigenvalue weighted by Gasteiger charge is 2.26. The van der Waals surface area contributed by atoms with E-state index >= 15 is 0 Å². The molecular weight excluding hydrogens is 180 g/mol. The third kappa shape index (κ3) is 2.00. The summed E-state index contributed by atoms with van der Waals surface area (Å²) in [6.07, 6.45) is 0.879. The van der Waals surface area contributed by atoms with Gasteiger partial charge in [0.15, 0.2) is 6.29 Å². The van der Waals surface area contributed by atoms with Crippen LogP contribution in [0.2, 0.25) is 0 Å². The minimum atomic E-state index is -0.304. The molecule has 1 aliphatic rings. The third-order valence-corrected chi connectivity index (χ3v) is 2.18. The van der Waals surface area contributed by atoms with Crippen LogP contribution in [0.25, 0.3) is 0 Å². The van der Waals surface area contributed by atoms with Gasteiger partial charge in [-0.05, 0) is 0 Å². The summed E-state index contributed by atoms with van der Waals surface area (Å²) in [6, 6.07) is 9.73. The summed E-state index contributed by atoms with van der Waals surface area (Å²) >= 11 is 0. The molecule has 0 saturated carbocycles. The molecular formula is C11H12O3. The van der Waals surface area contributed by atoms with E-state index in [9.17, 15) is 4.79 Å². The molecule has 1 fully saturated rings. The van der Waals surface area contributed by atoms with Gasteiger partial charge in [-0.2, -0.15) is 0 Å². The lowest BCUT2D eigenvalue weighted by atomic mass is 10.2. The topological polar surface area (TPSA) is 35.5 Å². The Balaban J connectivity index is 1.99. The van der Waals surface area contributed by atoms with E-state index in [0.29, 0.717) is 13.0 Å². The largest absolute Gasteiger partial charge is 0.346 e. The number of carbonyl (C=O) groups excluding carboxylic acids is 1. The fraction of sp³-hybridized carbons (Fsp3) is 0.364. The highest BCUT2D eigenvalue weighted by Crippen LogP contribution is 2.27. The van der Waals surface area contributed by atoms with Crippen molar-refractivity contribution in [1.29, 1.82) is 0 Å². The quantitative estimate of drug-likeness (QED) is 0.683. The number of aldehydes is 1. The Bertz CT molecular complexity index is 297. The Morgan fingerprint density at radius 2 is 2.14 bits per heavy atom. The molecule has 1 aromatic rings. The number of ether oxygens (including phenoxy) is 2. The van der Waals surface area contributed by atoms with Crippen molar-refractivity contribution in [1.82, 2.24) is 0 Å². The number of benzene rings is 1. The van der Waals surface area contributed by atoms with E-state index in [2.05, 4.69) is 0 Å². The molecule has 0 radical (unpaired) electrons. The minimum Gasteiger partial charge on any atom is -0.346 e. The van der Waals surface area contributed by atoms with E-state index in [1.54, 1.807) is 0 Å². The van der Waals surface area contributed by atoms with Crippen molar-refractivity contribution in [2.45, 2.75) is 18.8 Å². The van der Waals surface area contributed by atoms with Gasteiger partial charge in [0.25, 0.3) is 0 Å². The monoisotopic (exact) mass is 192 g/mol. The molecule has 2 rings (SSSR count). The molecule has 3 nitrogen and oxygen atoms in total. The lowest BCUT2D eigenvalue weighted by molar-refractivity contribution is -0.111. The van der Waals surface area contributed by atoms with Crippen LogP contribution in [0.4, 0.5) is 0 Å². The van der Waals surface area contributed by atoms with Gasteiger partial charge in [0.05, 0.1) is 12.7 Å². The van der Waals surface area contributed by atoms with Crippen LogP contribution in [-0.4, -0.2) is 19.0 Å². The summed E-state index contributed by atoms with van der Waals surface area (Å²) in [5.41, 5.74) is 1.00. The molecule has 1 saturated heterocycles. The second-order valence-corrected chi connectivity index (χ2v) is 3.24. The predicted octanol–water partition coefficient (Wildman–Crippen LogP) is 1.69. The van der Waals surface area contributed by atoms with Gasteiger partial charge in [0, 0.05) is 12.0 Å². The zero-order chi connectivity index (χ0) is 9.80. The number of rotatable bonds is 3. The second-order valence-electron chi connectivity index (χ2n) is 3.24. The van der Waals surface area contributed by atoms with Crippen LogP contribution in [0.5, 0.6) is 0 Å². The fourth-order valence-electron chi connectivity index (χ4n) is 1.46. The maximum absolute atomic E-state index is 10.3. The van der Waals surface area contributed by atoms with Crippen molar-refractivity contribution < 1.29 is 14.3 Å². The van der Waals surface area contributed by atoms with E-state index < -0.39 is 0 Å². The summed E-state index contributed by atoms with van der Waals surface area (Å²) in [4.78, 5) is 10.3. The van der Waals surface area contributed by atoms with E-state index in [1.807, 2.05) is 30.3 Å². The molecule has 0 N–H and O–H groups in total. The molecule has 1 aliphatic heterocycles. The van der Waals surface area contributed by atoms with Crippen molar-refractivity contribution in [2.75, 3.05) is 6.61 Å². The Hall–Kier alpha value is -1.19. The zero-order valence-electron chi connectivity index (χ0n) is 7.76. The molecule has 0 aromatic heterocycles. The SMILES string of the molecule is O=CC[C@@H]1COC(c2ccccc2)O1. The summed E-state index contributed by atoms with van der Waals surface area (Å²) in [6.45, 7) is 0.498. The van der Waals surface area contributed by atoms with E-state index in [0.717, 1.165) is 11.8 Å². The zero-order valence-corrected chi connectivity index (χ0v) is 7.76. The van der Waals surface area contributed by atoms with Gasteiger partial charge in [-0.15, -0.1) is 0 Å². The predicted molar refractivity (Wildman–Crippen MR) is 50.7 cm³/mol. The molecule has 1 aromatic carbocycles. The van der Waals surface area contributed by atoms with Gasteiger partial charge in [0.2, 0.25) is 0 Å². The van der Waals surface area contributed by atoms with Crippen molar-refractivity contribution in [3.8, 4) is 0 Å². The molecule has 0 spiro atoms. The molecule has 0 bridgehead atoms. The molecule has 3 heteroatoms. The highest BCUT2D eigenvalue weighted by molar-refractivity contribution is 5.50. The van der Waals surface area contributed by atoms with Crippen molar-refractivity contribution >= 4 is 6.29 Å². The van der Waals surface area contributed by atoms with Gasteiger partial charge < -0.3 is 14.3 Å². The molecule has 0 amide bonds. The molecule has 2 atom stereocenters. The standard InChI is InChI=1S/C11H12O3/c12-7-6-10-8-13-11(14-10)9-4-2-1-3-5-9/h1-5,7,10-11H,6,8H2/t10-,11?/m1/s1. The number of hydrogen-bond acceptors (Lipinski definition) is 3. The first-order chi connectivity index (χ1) is 6.90. The normalized spacial score (nSPS) is 26.3. The van der Waals surface area contributed by atoms with E-state index in [1.165, 1.54) is 0 Å². The molecule has 1 heterocycles. The summed E-state index contributed by atoms with van der Waals surface area (Å²) in [7, 11) is 0. The molecule has 0 aliphatic carbocycles. The van der Waals surface area contributed by atoms with Crippen LogP contribution >= 0.6 is 0 Å². The first-order valence-corrected chi connectivity index (χ1v) is 4.66. The van der Waals surface area contributed by atoms with E-state index in [-0.39, 0.29) is 12.4 Å². The van der Waals surface area contributed by atoms with Crippen LogP contribution < -0.4 is 0 Å². The fourth-order valence-corrected chi connectivity index (χ4v) is 1.46. The second kappa shape index (κ2) is 4.35.